The first kappa shape index (κ1) is 16.7. The van der Waals surface area contributed by atoms with Gasteiger partial charge in [0, 0.05) is 12.6 Å². The highest BCUT2D eigenvalue weighted by atomic mass is 16.2. The molecule has 0 aromatic heterocycles. The summed E-state index contributed by atoms with van der Waals surface area (Å²) in [5.74, 6) is -0.282. The van der Waals surface area contributed by atoms with E-state index in [1.807, 2.05) is 54.6 Å². The highest BCUT2D eigenvalue weighted by molar-refractivity contribution is 5.91. The van der Waals surface area contributed by atoms with Crippen molar-refractivity contribution in [1.29, 1.82) is 0 Å². The molecule has 2 N–H and O–H groups in total. The van der Waals surface area contributed by atoms with Gasteiger partial charge in [-0.15, -0.1) is 0 Å². The fraction of sp³-hybridized carbons (Fsp3) is 0.263. The number of benzene rings is 2. The van der Waals surface area contributed by atoms with Crippen LogP contribution in [0.2, 0.25) is 0 Å². The molecule has 0 fully saturated rings. The van der Waals surface area contributed by atoms with Crippen molar-refractivity contribution in [3.63, 3.8) is 0 Å². The molecule has 4 heteroatoms. The molecule has 1 unspecified atom stereocenters. The lowest BCUT2D eigenvalue weighted by Gasteiger charge is -2.18. The second-order valence-electron chi connectivity index (χ2n) is 5.47. The van der Waals surface area contributed by atoms with E-state index >= 15 is 0 Å². The average molecular weight is 310 g/mol. The number of hydrogen-bond donors (Lipinski definition) is 2. The SMILES string of the molecule is CCc1ccc(NC(=O)CC(NC(C)=O)c2ccccc2)cc1. The minimum Gasteiger partial charge on any atom is -0.349 e. The van der Waals surface area contributed by atoms with Crippen LogP contribution in [0.25, 0.3) is 0 Å². The maximum atomic E-state index is 12.3. The van der Waals surface area contributed by atoms with Crippen molar-refractivity contribution in [3.05, 3.63) is 65.7 Å². The van der Waals surface area contributed by atoms with Gasteiger partial charge in [0.05, 0.1) is 12.5 Å². The van der Waals surface area contributed by atoms with E-state index in [0.717, 1.165) is 17.7 Å². The van der Waals surface area contributed by atoms with Gasteiger partial charge in [0.2, 0.25) is 11.8 Å². The molecule has 0 aliphatic carbocycles. The monoisotopic (exact) mass is 310 g/mol. The first-order valence-corrected chi connectivity index (χ1v) is 7.79. The van der Waals surface area contributed by atoms with Gasteiger partial charge in [-0.2, -0.15) is 0 Å². The summed E-state index contributed by atoms with van der Waals surface area (Å²) in [5, 5.41) is 5.71. The fourth-order valence-corrected chi connectivity index (χ4v) is 2.40. The second kappa shape index (κ2) is 8.13. The number of carbonyl (C=O) groups is 2. The van der Waals surface area contributed by atoms with Crippen molar-refractivity contribution in [2.45, 2.75) is 32.7 Å². The first-order valence-electron chi connectivity index (χ1n) is 7.79. The van der Waals surface area contributed by atoms with Crippen molar-refractivity contribution >= 4 is 17.5 Å². The fourth-order valence-electron chi connectivity index (χ4n) is 2.40. The number of nitrogens with one attached hydrogen (secondary N) is 2. The number of amides is 2. The summed E-state index contributed by atoms with van der Waals surface area (Å²) >= 11 is 0. The van der Waals surface area contributed by atoms with Crippen LogP contribution < -0.4 is 10.6 Å². The van der Waals surface area contributed by atoms with Gasteiger partial charge in [0.15, 0.2) is 0 Å². The van der Waals surface area contributed by atoms with Crippen molar-refractivity contribution in [2.75, 3.05) is 5.32 Å². The lowest BCUT2D eigenvalue weighted by Crippen LogP contribution is -2.29. The van der Waals surface area contributed by atoms with Crippen LogP contribution in [0, 0.1) is 0 Å². The average Bonchev–Trinajstić information content (AvgIpc) is 2.55. The standard InChI is InChI=1S/C19H22N2O2/c1-3-15-9-11-17(12-10-15)21-19(23)13-18(20-14(2)22)16-7-5-4-6-8-16/h4-12,18H,3,13H2,1-2H3,(H,20,22)(H,21,23). The Morgan fingerprint density at radius 3 is 2.22 bits per heavy atom. The predicted molar refractivity (Wildman–Crippen MR) is 92.1 cm³/mol. The Hall–Kier alpha value is -2.62. The van der Waals surface area contributed by atoms with Crippen LogP contribution in [0.1, 0.15) is 37.4 Å². The molecular weight excluding hydrogens is 288 g/mol. The Bertz CT molecular complexity index is 651. The smallest absolute Gasteiger partial charge is 0.226 e. The topological polar surface area (TPSA) is 58.2 Å². The van der Waals surface area contributed by atoms with Crippen LogP contribution in [0.3, 0.4) is 0 Å². The Kier molecular flexibility index (Phi) is 5.92. The molecule has 0 saturated carbocycles. The zero-order chi connectivity index (χ0) is 16.7. The van der Waals surface area contributed by atoms with Crippen LogP contribution in [0.4, 0.5) is 5.69 Å². The summed E-state index contributed by atoms with van der Waals surface area (Å²) in [7, 11) is 0. The van der Waals surface area contributed by atoms with Crippen molar-refractivity contribution < 1.29 is 9.59 Å². The Morgan fingerprint density at radius 1 is 1.00 bits per heavy atom. The maximum Gasteiger partial charge on any atom is 0.226 e. The van der Waals surface area contributed by atoms with Crippen molar-refractivity contribution in [1.82, 2.24) is 5.32 Å². The molecule has 2 amide bonds. The van der Waals surface area contributed by atoms with Crippen molar-refractivity contribution in [3.8, 4) is 0 Å². The molecule has 0 spiro atoms. The van der Waals surface area contributed by atoms with E-state index in [4.69, 9.17) is 0 Å². The Balaban J connectivity index is 2.03. The zero-order valence-corrected chi connectivity index (χ0v) is 13.5. The molecule has 1 atom stereocenters. The highest BCUT2D eigenvalue weighted by Gasteiger charge is 2.17. The molecule has 120 valence electrons. The minimum atomic E-state index is -0.330. The van der Waals surface area contributed by atoms with E-state index < -0.39 is 0 Å². The van der Waals surface area contributed by atoms with Gasteiger partial charge in [-0.05, 0) is 29.7 Å². The van der Waals surface area contributed by atoms with E-state index in [9.17, 15) is 9.59 Å². The summed E-state index contributed by atoms with van der Waals surface area (Å²) in [5.41, 5.74) is 2.91. The van der Waals surface area contributed by atoms with E-state index in [1.54, 1.807) is 0 Å². The van der Waals surface area contributed by atoms with E-state index in [-0.39, 0.29) is 24.3 Å². The molecule has 0 saturated heterocycles. The molecule has 0 bridgehead atoms. The summed E-state index contributed by atoms with van der Waals surface area (Å²) in [6, 6.07) is 17.0. The van der Waals surface area contributed by atoms with Gasteiger partial charge in [-0.1, -0.05) is 49.4 Å². The van der Waals surface area contributed by atoms with Gasteiger partial charge in [0.25, 0.3) is 0 Å². The van der Waals surface area contributed by atoms with Gasteiger partial charge in [-0.3, -0.25) is 9.59 Å². The molecule has 0 aliphatic heterocycles. The third-order valence-electron chi connectivity index (χ3n) is 3.61. The van der Waals surface area contributed by atoms with Gasteiger partial charge in [-0.25, -0.2) is 0 Å². The Labute approximate surface area is 136 Å². The van der Waals surface area contributed by atoms with Crippen molar-refractivity contribution in [2.24, 2.45) is 0 Å². The maximum absolute atomic E-state index is 12.3. The molecule has 4 nitrogen and oxygen atoms in total. The normalized spacial score (nSPS) is 11.6. The molecule has 2 rings (SSSR count). The first-order chi connectivity index (χ1) is 11.1. The van der Waals surface area contributed by atoms with E-state index in [2.05, 4.69) is 17.6 Å². The lowest BCUT2D eigenvalue weighted by molar-refractivity contribution is -0.120. The largest absolute Gasteiger partial charge is 0.349 e. The summed E-state index contributed by atoms with van der Waals surface area (Å²) < 4.78 is 0. The number of rotatable bonds is 6. The molecule has 0 radical (unpaired) electrons. The second-order valence-corrected chi connectivity index (χ2v) is 5.47. The quantitative estimate of drug-likeness (QED) is 0.858. The van der Waals surface area contributed by atoms with Crippen LogP contribution in [0.5, 0.6) is 0 Å². The molecular formula is C19H22N2O2. The van der Waals surface area contributed by atoms with Crippen LogP contribution in [-0.2, 0) is 16.0 Å². The summed E-state index contributed by atoms with van der Waals surface area (Å²) in [4.78, 5) is 23.7. The highest BCUT2D eigenvalue weighted by Crippen LogP contribution is 2.18. The van der Waals surface area contributed by atoms with Crippen LogP contribution in [0.15, 0.2) is 54.6 Å². The minimum absolute atomic E-state index is 0.128. The molecule has 23 heavy (non-hydrogen) atoms. The van der Waals surface area contributed by atoms with Crippen LogP contribution in [-0.4, -0.2) is 11.8 Å². The molecule has 2 aromatic carbocycles. The lowest BCUT2D eigenvalue weighted by atomic mass is 10.0. The number of aryl methyl sites for hydroxylation is 1. The number of anilines is 1. The predicted octanol–water partition coefficient (Wildman–Crippen LogP) is 3.46. The van der Waals surface area contributed by atoms with Gasteiger partial charge < -0.3 is 10.6 Å². The van der Waals surface area contributed by atoms with E-state index in [1.165, 1.54) is 12.5 Å². The number of carbonyl (C=O) groups excluding carboxylic acids is 2. The molecule has 0 aliphatic rings. The molecule has 2 aromatic rings. The van der Waals surface area contributed by atoms with Crippen LogP contribution >= 0.6 is 0 Å². The Morgan fingerprint density at radius 2 is 1.65 bits per heavy atom. The molecule has 0 heterocycles. The van der Waals surface area contributed by atoms with E-state index in [0.29, 0.717) is 0 Å². The summed E-state index contributed by atoms with van der Waals surface area (Å²) in [6.07, 6.45) is 1.16. The number of hydrogen-bond acceptors (Lipinski definition) is 2. The zero-order valence-electron chi connectivity index (χ0n) is 13.5. The van der Waals surface area contributed by atoms with Gasteiger partial charge >= 0.3 is 0 Å². The summed E-state index contributed by atoms with van der Waals surface area (Å²) in [6.45, 7) is 3.54. The van der Waals surface area contributed by atoms with Gasteiger partial charge in [0.1, 0.15) is 0 Å². The third-order valence-corrected chi connectivity index (χ3v) is 3.61. The third kappa shape index (κ3) is 5.25.